The minimum Gasteiger partial charge on any atom is -0.308 e. The molecule has 0 saturated carbocycles. The first kappa shape index (κ1) is 20.3. The summed E-state index contributed by atoms with van der Waals surface area (Å²) < 4.78 is 0. The maximum absolute atomic E-state index is 9.49. The van der Waals surface area contributed by atoms with Crippen LogP contribution in [0.4, 0.5) is 17.1 Å². The summed E-state index contributed by atoms with van der Waals surface area (Å²) >= 11 is 1.81. The molecule has 1 aliphatic rings. The predicted octanol–water partition coefficient (Wildman–Crippen LogP) is 8.22. The lowest BCUT2D eigenvalue weighted by Gasteiger charge is -2.33. The smallest absolute Gasteiger partial charge is 0.148 e. The zero-order valence-corrected chi connectivity index (χ0v) is 19.0. The van der Waals surface area contributed by atoms with Crippen molar-refractivity contribution in [3.63, 3.8) is 0 Å². The Bertz CT molecular complexity index is 1520. The van der Waals surface area contributed by atoms with Gasteiger partial charge >= 0.3 is 0 Å². The van der Waals surface area contributed by atoms with E-state index in [1.807, 2.05) is 36.0 Å². The fourth-order valence-corrected chi connectivity index (χ4v) is 5.46. The van der Waals surface area contributed by atoms with Crippen LogP contribution in [0.25, 0.3) is 22.3 Å². The lowest BCUT2D eigenvalue weighted by Crippen LogP contribution is -2.14. The number of fused-ring (bicyclic) bond motifs is 2. The van der Waals surface area contributed by atoms with Gasteiger partial charge in [-0.15, -0.1) is 0 Å². The van der Waals surface area contributed by atoms with E-state index in [0.717, 1.165) is 27.9 Å². The fourth-order valence-electron chi connectivity index (χ4n) is 4.40. The number of nitrogens with zero attached hydrogens (tertiary/aromatic N) is 3. The normalized spacial score (nSPS) is 11.9. The molecule has 0 spiro atoms. The zero-order valence-electron chi connectivity index (χ0n) is 18.2. The second-order valence-electron chi connectivity index (χ2n) is 8.02. The summed E-state index contributed by atoms with van der Waals surface area (Å²) in [5.41, 5.74) is 7.97. The second-order valence-corrected chi connectivity index (χ2v) is 9.10. The van der Waals surface area contributed by atoms with Gasteiger partial charge in [-0.2, -0.15) is 5.26 Å². The minimum atomic E-state index is 0.437. The quantitative estimate of drug-likeness (QED) is 0.271. The largest absolute Gasteiger partial charge is 0.308 e. The highest BCUT2D eigenvalue weighted by Crippen LogP contribution is 2.51. The van der Waals surface area contributed by atoms with Crippen LogP contribution in [-0.2, 0) is 0 Å². The summed E-state index contributed by atoms with van der Waals surface area (Å²) in [6.45, 7) is 0. The van der Waals surface area contributed by atoms with Gasteiger partial charge in [-0.3, -0.25) is 0 Å². The summed E-state index contributed by atoms with van der Waals surface area (Å²) in [5, 5.41) is 9.49. The average Bonchev–Trinajstić information content (AvgIpc) is 2.91. The molecule has 4 aromatic carbocycles. The van der Waals surface area contributed by atoms with E-state index in [1.165, 1.54) is 21.2 Å². The third-order valence-corrected chi connectivity index (χ3v) is 7.09. The van der Waals surface area contributed by atoms with Gasteiger partial charge in [0.05, 0.1) is 11.4 Å². The van der Waals surface area contributed by atoms with Crippen molar-refractivity contribution in [2.24, 2.45) is 0 Å². The monoisotopic (exact) mass is 453 g/mol. The van der Waals surface area contributed by atoms with Gasteiger partial charge in [0.1, 0.15) is 11.8 Å². The number of benzene rings is 4. The van der Waals surface area contributed by atoms with E-state index in [1.54, 1.807) is 6.20 Å². The van der Waals surface area contributed by atoms with Crippen LogP contribution in [0, 0.1) is 11.3 Å². The SMILES string of the molecule is N#Cc1ncccc1-c1cccc(-c2cccc(N3c4ccccc4Sc4ccccc43)c2)c1. The highest BCUT2D eigenvalue weighted by molar-refractivity contribution is 7.99. The van der Waals surface area contributed by atoms with E-state index in [-0.39, 0.29) is 0 Å². The Hall–Kier alpha value is -4.33. The van der Waals surface area contributed by atoms with Crippen LogP contribution in [-0.4, -0.2) is 4.98 Å². The molecular formula is C30H19N3S. The van der Waals surface area contributed by atoms with Crippen LogP contribution < -0.4 is 4.90 Å². The number of pyridine rings is 1. The summed E-state index contributed by atoms with van der Waals surface area (Å²) in [6, 6.07) is 40.0. The molecule has 0 amide bonds. The number of rotatable bonds is 3. The molecule has 0 bridgehead atoms. The predicted molar refractivity (Wildman–Crippen MR) is 139 cm³/mol. The molecule has 0 aliphatic carbocycles. The Morgan fingerprint density at radius 3 is 2.03 bits per heavy atom. The van der Waals surface area contributed by atoms with Crippen molar-refractivity contribution in [3.05, 3.63) is 121 Å². The Kier molecular flexibility index (Phi) is 5.10. The topological polar surface area (TPSA) is 39.9 Å². The van der Waals surface area contributed by atoms with Gasteiger partial charge in [0.2, 0.25) is 0 Å². The third kappa shape index (κ3) is 3.53. The molecule has 1 aromatic heterocycles. The first-order chi connectivity index (χ1) is 16.8. The number of para-hydroxylation sites is 2. The molecular weight excluding hydrogens is 434 g/mol. The molecule has 160 valence electrons. The minimum absolute atomic E-state index is 0.437. The van der Waals surface area contributed by atoms with Gasteiger partial charge in [-0.1, -0.05) is 66.4 Å². The van der Waals surface area contributed by atoms with E-state index in [2.05, 4.69) is 101 Å². The molecule has 0 unspecified atom stereocenters. The van der Waals surface area contributed by atoms with Crippen molar-refractivity contribution in [1.82, 2.24) is 4.98 Å². The second kappa shape index (κ2) is 8.55. The van der Waals surface area contributed by atoms with Gasteiger partial charge in [-0.25, -0.2) is 4.98 Å². The van der Waals surface area contributed by atoms with Crippen molar-refractivity contribution < 1.29 is 0 Å². The van der Waals surface area contributed by atoms with Crippen molar-refractivity contribution in [1.29, 1.82) is 5.26 Å². The highest BCUT2D eigenvalue weighted by Gasteiger charge is 2.24. The number of anilines is 3. The Morgan fingerprint density at radius 2 is 1.29 bits per heavy atom. The van der Waals surface area contributed by atoms with Crippen LogP contribution >= 0.6 is 11.8 Å². The molecule has 6 rings (SSSR count). The summed E-state index contributed by atoms with van der Waals surface area (Å²) in [7, 11) is 0. The molecule has 34 heavy (non-hydrogen) atoms. The standard InChI is InChI=1S/C30H19N3S/c31-20-26-25(12-7-17-32-26)23-10-5-8-21(18-23)22-9-6-11-24(19-22)33-27-13-1-3-15-29(27)34-30-16-4-2-14-28(30)33/h1-19H. The molecule has 0 N–H and O–H groups in total. The Balaban J connectivity index is 1.46. The average molecular weight is 454 g/mol. The zero-order chi connectivity index (χ0) is 22.9. The van der Waals surface area contributed by atoms with Crippen LogP contribution in [0.5, 0.6) is 0 Å². The van der Waals surface area contributed by atoms with Crippen molar-refractivity contribution in [2.75, 3.05) is 4.90 Å². The van der Waals surface area contributed by atoms with Gasteiger partial charge in [0.25, 0.3) is 0 Å². The third-order valence-electron chi connectivity index (χ3n) is 5.96. The number of hydrogen-bond donors (Lipinski definition) is 0. The molecule has 0 atom stereocenters. The summed E-state index contributed by atoms with van der Waals surface area (Å²) in [5.74, 6) is 0. The lowest BCUT2D eigenvalue weighted by atomic mass is 9.98. The molecule has 0 saturated heterocycles. The number of nitriles is 1. The van der Waals surface area contributed by atoms with Gasteiger partial charge < -0.3 is 4.90 Å². The van der Waals surface area contributed by atoms with E-state index >= 15 is 0 Å². The first-order valence-corrected chi connectivity index (χ1v) is 11.9. The molecule has 1 aliphatic heterocycles. The van der Waals surface area contributed by atoms with Crippen molar-refractivity contribution in [3.8, 4) is 28.3 Å². The summed E-state index contributed by atoms with van der Waals surface area (Å²) in [4.78, 5) is 9.05. The maximum Gasteiger partial charge on any atom is 0.148 e. The van der Waals surface area contributed by atoms with Crippen molar-refractivity contribution >= 4 is 28.8 Å². The van der Waals surface area contributed by atoms with Crippen LogP contribution in [0.1, 0.15) is 5.69 Å². The maximum atomic E-state index is 9.49. The highest BCUT2D eigenvalue weighted by atomic mass is 32.2. The van der Waals surface area contributed by atoms with Gasteiger partial charge in [0.15, 0.2) is 0 Å². The van der Waals surface area contributed by atoms with Gasteiger partial charge in [-0.05, 0) is 71.3 Å². The number of aromatic nitrogens is 1. The Labute approximate surface area is 203 Å². The summed E-state index contributed by atoms with van der Waals surface area (Å²) in [6.07, 6.45) is 1.65. The van der Waals surface area contributed by atoms with E-state index in [4.69, 9.17) is 0 Å². The molecule has 5 aromatic rings. The van der Waals surface area contributed by atoms with Crippen LogP contribution in [0.3, 0.4) is 0 Å². The molecule has 2 heterocycles. The fraction of sp³-hybridized carbons (Fsp3) is 0. The van der Waals surface area contributed by atoms with E-state index in [9.17, 15) is 5.26 Å². The van der Waals surface area contributed by atoms with Crippen molar-refractivity contribution in [2.45, 2.75) is 9.79 Å². The van der Waals surface area contributed by atoms with E-state index in [0.29, 0.717) is 5.69 Å². The molecule has 0 radical (unpaired) electrons. The molecule has 4 heteroatoms. The molecule has 3 nitrogen and oxygen atoms in total. The first-order valence-electron chi connectivity index (χ1n) is 11.0. The van der Waals surface area contributed by atoms with Crippen LogP contribution in [0.15, 0.2) is 125 Å². The Morgan fingerprint density at radius 1 is 0.647 bits per heavy atom. The molecule has 0 fully saturated rings. The van der Waals surface area contributed by atoms with Gasteiger partial charge in [0, 0.05) is 27.2 Å². The lowest BCUT2D eigenvalue weighted by molar-refractivity contribution is 1.17. The number of hydrogen-bond acceptors (Lipinski definition) is 4. The van der Waals surface area contributed by atoms with E-state index < -0.39 is 0 Å². The van der Waals surface area contributed by atoms with Crippen LogP contribution in [0.2, 0.25) is 0 Å².